The van der Waals surface area contributed by atoms with Crippen LogP contribution in [0.5, 0.6) is 28.7 Å². The predicted molar refractivity (Wildman–Crippen MR) is 451 cm³/mol. The lowest BCUT2D eigenvalue weighted by Gasteiger charge is -2.08. The van der Waals surface area contributed by atoms with Crippen LogP contribution in [-0.4, -0.2) is 174 Å². The number of nitriles is 2. The van der Waals surface area contributed by atoms with Gasteiger partial charge in [-0.2, -0.15) is 25.8 Å². The van der Waals surface area contributed by atoms with E-state index in [1.165, 1.54) is 53.3 Å². The van der Waals surface area contributed by atoms with Gasteiger partial charge in [0.1, 0.15) is 53.2 Å². The Morgan fingerprint density at radius 3 is 1.28 bits per heavy atom. The number of ether oxygens (including phenoxy) is 6. The number of aryl methyl sites for hydroxylation is 6. The summed E-state index contributed by atoms with van der Waals surface area (Å²) in [6.07, 6.45) is 22.7. The fraction of sp³-hybridized carbons (Fsp3) is 0.241. The van der Waals surface area contributed by atoms with Gasteiger partial charge in [-0.3, -0.25) is 19.3 Å². The van der Waals surface area contributed by atoms with Gasteiger partial charge in [0.25, 0.3) is 0 Å². The number of aromatic amines is 1. The number of nitrogens with one attached hydrogen (secondary N) is 1. The molecule has 0 saturated carbocycles. The molecule has 0 fully saturated rings. The summed E-state index contributed by atoms with van der Waals surface area (Å²) in [4.78, 5) is 65.6. The highest BCUT2D eigenvalue weighted by molar-refractivity contribution is 7.99. The monoisotopic (exact) mass is 1650 g/mol. The zero-order chi connectivity index (χ0) is 84.0. The van der Waals surface area contributed by atoms with Crippen molar-refractivity contribution in [2.24, 2.45) is 0 Å². The van der Waals surface area contributed by atoms with Gasteiger partial charge in [0.05, 0.1) is 101 Å². The van der Waals surface area contributed by atoms with Crippen LogP contribution in [-0.2, 0) is 34.1 Å². The number of ketones is 1. The zero-order valence-electron chi connectivity index (χ0n) is 67.0. The maximum atomic E-state index is 12.3. The molecule has 0 saturated heterocycles. The number of thioether (sulfide) groups is 4. The van der Waals surface area contributed by atoms with Crippen molar-refractivity contribution < 1.29 is 46.4 Å². The standard InChI is InChI=1S/C18H17N5O3S.C18H17N5OS.C16H16N4OS.C15H16N2O2S.C10H12O3.C6H8N2S/c1-12-8-13(10-14(9-12)26-2)17-15(11-23(22-17)7-5-19)16-4-6-20-18(21-16)27(3,24)25;1-12-8-13(10-14(9-12)24-2)17-15(11-23(22-17)7-5-19)16-4-6-20-18(21-16)25-3;1-10-6-11(8-12(7-10)21-2)15-13(9-18-20-15)14-4-5-17-16(19-14)22-3;1-10-6-11(8-13(7-10)19-2)14(18)9-12-4-5-16-15(17-12)20-3;1-7-4-8(10(11)13-3)6-9(5-7)12-2;1-5-3-4-7-6(8-5)9-2/h4,6,8-11H,7H2,1-3H3;4,6,8-11H,7H2,1-3H3;4-9H,1-3H3,(H,18,20);4-8H,9H2,1-3H3;4-6H,1-3H3;3-4H,1-2H3. The van der Waals surface area contributed by atoms with Crippen LogP contribution in [0, 0.1) is 64.2 Å². The van der Waals surface area contributed by atoms with E-state index in [0.29, 0.717) is 55.6 Å². The molecule has 0 amide bonds. The Bertz CT molecular complexity index is 5750. The number of Topliss-reactive ketones (excluding diaryl/α,β-unsaturated/α-hetero) is 1. The summed E-state index contributed by atoms with van der Waals surface area (Å²) in [5, 5.41) is 37.0. The Kier molecular flexibility index (Phi) is 33.6. The van der Waals surface area contributed by atoms with Crippen molar-refractivity contribution in [2.45, 2.75) is 86.8 Å². The van der Waals surface area contributed by atoms with Crippen LogP contribution in [0.15, 0.2) is 197 Å². The molecule has 0 radical (unpaired) electrons. The van der Waals surface area contributed by atoms with Crippen LogP contribution in [0.4, 0.5) is 0 Å². The molecule has 0 atom stereocenters. The lowest BCUT2D eigenvalue weighted by molar-refractivity contribution is 0.0600. The largest absolute Gasteiger partial charge is 0.497 e. The molecule has 598 valence electrons. The van der Waals surface area contributed by atoms with Gasteiger partial charge in [-0.1, -0.05) is 47.0 Å². The molecule has 8 heterocycles. The van der Waals surface area contributed by atoms with E-state index < -0.39 is 9.84 Å². The quantitative estimate of drug-likeness (QED) is 0.0285. The zero-order valence-corrected chi connectivity index (χ0v) is 71.1. The smallest absolute Gasteiger partial charge is 0.337 e. The summed E-state index contributed by atoms with van der Waals surface area (Å²) in [7, 11) is 5.86. The van der Waals surface area contributed by atoms with Crippen molar-refractivity contribution in [3.05, 3.63) is 221 Å². The summed E-state index contributed by atoms with van der Waals surface area (Å²) in [5.74, 6) is 3.30. The normalized spacial score (nSPS) is 10.5. The topological polar surface area (TPSA) is 364 Å². The van der Waals surface area contributed by atoms with Crippen LogP contribution in [0.2, 0.25) is 0 Å². The van der Waals surface area contributed by atoms with E-state index in [9.17, 15) is 18.0 Å². The van der Waals surface area contributed by atoms with E-state index >= 15 is 0 Å². The molecule has 1 N–H and O–H groups in total. The van der Waals surface area contributed by atoms with Crippen LogP contribution >= 0.6 is 47.0 Å². The van der Waals surface area contributed by atoms with E-state index in [1.54, 1.807) is 120 Å². The van der Waals surface area contributed by atoms with Gasteiger partial charge in [0.2, 0.25) is 15.0 Å². The van der Waals surface area contributed by atoms with E-state index in [-0.39, 0.29) is 36.4 Å². The van der Waals surface area contributed by atoms with Crippen molar-refractivity contribution in [3.8, 4) is 108 Å². The molecule has 8 aromatic heterocycles. The van der Waals surface area contributed by atoms with Crippen molar-refractivity contribution in [1.29, 1.82) is 10.5 Å². The first-order chi connectivity index (χ1) is 55.8. The molecule has 5 aromatic carbocycles. The molecule has 0 bridgehead atoms. The molecule has 13 aromatic rings. The van der Waals surface area contributed by atoms with Gasteiger partial charge in [0, 0.05) is 94.3 Å². The third kappa shape index (κ3) is 25.8. The number of carbonyl (C=O) groups is 2. The van der Waals surface area contributed by atoms with Gasteiger partial charge in [-0.25, -0.2) is 63.1 Å². The fourth-order valence-corrected chi connectivity index (χ4v) is 13.0. The molecule has 13 rings (SSSR count). The molecular formula is C83H86N18O10S5. The lowest BCUT2D eigenvalue weighted by Crippen LogP contribution is -2.06. The number of hydrogen-bond donors (Lipinski definition) is 1. The number of rotatable bonds is 22. The van der Waals surface area contributed by atoms with Gasteiger partial charge in [-0.15, -0.1) is 0 Å². The summed E-state index contributed by atoms with van der Waals surface area (Å²) in [5.41, 5.74) is 17.5. The van der Waals surface area contributed by atoms with E-state index in [1.807, 2.05) is 164 Å². The van der Waals surface area contributed by atoms with Crippen LogP contribution in [0.1, 0.15) is 59.9 Å². The average Bonchev–Trinajstić information content (AvgIpc) is 1.66. The van der Waals surface area contributed by atoms with Gasteiger partial charge in [-0.05, 0) is 216 Å². The first-order valence-electron chi connectivity index (χ1n) is 35.1. The van der Waals surface area contributed by atoms with E-state index in [0.717, 1.165) is 118 Å². The average molecular weight is 1660 g/mol. The lowest BCUT2D eigenvalue weighted by atomic mass is 10.0. The molecule has 0 unspecified atom stereocenters. The molecule has 0 aliphatic rings. The Hall–Kier alpha value is -12.4. The van der Waals surface area contributed by atoms with Gasteiger partial charge in [0.15, 0.2) is 26.4 Å². The third-order valence-corrected chi connectivity index (χ3v) is 19.3. The van der Waals surface area contributed by atoms with Gasteiger partial charge >= 0.3 is 5.97 Å². The SMILES string of the molecule is COC(=O)c1cc(C)cc(OC)c1.COc1cc(C)cc(-c2[nH]ncc2-c2ccnc(SC)n2)c1.COc1cc(C)cc(-c2nn(CC#N)cc2-c2ccnc(S(C)(=O)=O)n2)c1.COc1cc(C)cc(-c2nn(CC#N)cc2-c2ccnc(SC)n2)c1.COc1cc(C)cc(C(=O)Cc2ccnc(SC)n2)c1.CSc1nccc(C)n1. The number of esters is 1. The Balaban J connectivity index is 0.000000179. The van der Waals surface area contributed by atoms with Crippen LogP contribution < -0.4 is 23.7 Å². The molecular weight excluding hydrogens is 1570 g/mol. The van der Waals surface area contributed by atoms with Crippen molar-refractivity contribution in [3.63, 3.8) is 0 Å². The van der Waals surface area contributed by atoms with Crippen molar-refractivity contribution in [1.82, 2.24) is 79.6 Å². The summed E-state index contributed by atoms with van der Waals surface area (Å²) < 4.78 is 57.6. The number of H-pyrrole nitrogens is 1. The summed E-state index contributed by atoms with van der Waals surface area (Å²) in [6.45, 7) is 12.0. The molecule has 0 spiro atoms. The number of hydrogen-bond acceptors (Lipinski definition) is 29. The first-order valence-corrected chi connectivity index (χ1v) is 41.9. The molecule has 0 aliphatic heterocycles. The fourth-order valence-electron chi connectivity index (χ4n) is 11.0. The number of sulfone groups is 1. The second-order valence-corrected chi connectivity index (χ2v) is 30.0. The second kappa shape index (κ2) is 43.7. The maximum absolute atomic E-state index is 12.3. The van der Waals surface area contributed by atoms with E-state index in [4.69, 9.17) is 34.2 Å². The summed E-state index contributed by atoms with van der Waals surface area (Å²) in [6, 6.07) is 41.6. The first kappa shape index (κ1) is 89.2. The highest BCUT2D eigenvalue weighted by Crippen LogP contribution is 2.37. The van der Waals surface area contributed by atoms with E-state index in [2.05, 4.69) is 87.1 Å². The van der Waals surface area contributed by atoms with Crippen LogP contribution in [0.3, 0.4) is 0 Å². The minimum absolute atomic E-state index is 0.0257. The number of carbonyl (C=O) groups excluding carboxylic acids is 2. The third-order valence-electron chi connectivity index (χ3n) is 16.2. The molecule has 33 heteroatoms. The minimum Gasteiger partial charge on any atom is -0.497 e. The Labute approximate surface area is 691 Å². The highest BCUT2D eigenvalue weighted by Gasteiger charge is 2.22. The predicted octanol–water partition coefficient (Wildman–Crippen LogP) is 15.6. The van der Waals surface area contributed by atoms with Gasteiger partial charge < -0.3 is 28.4 Å². The van der Waals surface area contributed by atoms with Crippen molar-refractivity contribution in [2.75, 3.05) is 73.9 Å². The Morgan fingerprint density at radius 1 is 0.457 bits per heavy atom. The maximum Gasteiger partial charge on any atom is 0.337 e. The number of nitrogens with zero attached hydrogens (tertiary/aromatic N) is 17. The number of aromatic nitrogens is 16. The second-order valence-electron chi connectivity index (χ2n) is 25.0. The molecule has 116 heavy (non-hydrogen) atoms. The highest BCUT2D eigenvalue weighted by atomic mass is 32.2. The van der Waals surface area contributed by atoms with Crippen molar-refractivity contribution >= 4 is 68.6 Å². The van der Waals surface area contributed by atoms with Crippen LogP contribution in [0.25, 0.3) is 67.5 Å². The Morgan fingerprint density at radius 2 is 0.845 bits per heavy atom. The summed E-state index contributed by atoms with van der Waals surface area (Å²) >= 11 is 6.02. The number of benzene rings is 5. The number of methoxy groups -OCH3 is 6. The minimum atomic E-state index is -3.55. The molecule has 28 nitrogen and oxygen atoms in total. The molecule has 0 aliphatic carbocycles.